The molecule has 2 atom stereocenters. The molecule has 1 amide bonds. The minimum absolute atomic E-state index is 0.107. The predicted molar refractivity (Wildman–Crippen MR) is 49.7 cm³/mol. The molecule has 1 rings (SSSR count). The standard InChI is InChI=1S/C10H16N2O/c1-7-4-8(7)9(13)12-6-10(2,3)5-11/h7-8H,4,6H2,1-3H3,(H,12,13)/t7-,8-/m0/s1. The first-order chi connectivity index (χ1) is 5.96. The first-order valence-corrected chi connectivity index (χ1v) is 4.65. The molecule has 1 aliphatic carbocycles. The molecule has 0 aliphatic heterocycles. The van der Waals surface area contributed by atoms with Gasteiger partial charge in [0.2, 0.25) is 5.91 Å². The first kappa shape index (κ1) is 10.0. The molecule has 0 spiro atoms. The van der Waals surface area contributed by atoms with Crippen molar-refractivity contribution in [3.8, 4) is 6.07 Å². The van der Waals surface area contributed by atoms with Gasteiger partial charge in [0.1, 0.15) is 0 Å². The number of nitrogens with one attached hydrogen (secondary N) is 1. The van der Waals surface area contributed by atoms with Crippen LogP contribution in [0.4, 0.5) is 0 Å². The van der Waals surface area contributed by atoms with E-state index in [0.717, 1.165) is 6.42 Å². The molecule has 0 aromatic carbocycles. The van der Waals surface area contributed by atoms with Crippen molar-refractivity contribution in [2.75, 3.05) is 6.54 Å². The maximum Gasteiger partial charge on any atom is 0.223 e. The summed E-state index contributed by atoms with van der Waals surface area (Å²) in [5, 5.41) is 11.5. The number of hydrogen-bond acceptors (Lipinski definition) is 2. The zero-order valence-corrected chi connectivity index (χ0v) is 8.42. The lowest BCUT2D eigenvalue weighted by Gasteiger charge is -2.15. The quantitative estimate of drug-likeness (QED) is 0.712. The van der Waals surface area contributed by atoms with Crippen molar-refractivity contribution in [2.45, 2.75) is 27.2 Å². The second-order valence-electron chi connectivity index (χ2n) is 4.53. The van der Waals surface area contributed by atoms with E-state index < -0.39 is 5.41 Å². The monoisotopic (exact) mass is 180 g/mol. The highest BCUT2D eigenvalue weighted by molar-refractivity contribution is 5.81. The van der Waals surface area contributed by atoms with Crippen molar-refractivity contribution < 1.29 is 4.79 Å². The molecule has 0 bridgehead atoms. The maximum atomic E-state index is 11.4. The third-order valence-corrected chi connectivity index (χ3v) is 2.45. The summed E-state index contributed by atoms with van der Waals surface area (Å²) in [5.41, 5.74) is -0.451. The van der Waals surface area contributed by atoms with Crippen molar-refractivity contribution in [1.82, 2.24) is 5.32 Å². The van der Waals surface area contributed by atoms with E-state index >= 15 is 0 Å². The van der Waals surface area contributed by atoms with E-state index in [1.54, 1.807) is 0 Å². The third-order valence-electron chi connectivity index (χ3n) is 2.45. The normalized spacial score (nSPS) is 26.3. The van der Waals surface area contributed by atoms with E-state index in [2.05, 4.69) is 18.3 Å². The van der Waals surface area contributed by atoms with Gasteiger partial charge in [-0.2, -0.15) is 5.26 Å². The van der Waals surface area contributed by atoms with E-state index in [9.17, 15) is 4.79 Å². The number of nitrogens with zero attached hydrogens (tertiary/aromatic N) is 1. The van der Waals surface area contributed by atoms with Gasteiger partial charge in [0.05, 0.1) is 11.5 Å². The van der Waals surface area contributed by atoms with Crippen LogP contribution in [0.3, 0.4) is 0 Å². The summed E-state index contributed by atoms with van der Waals surface area (Å²) in [6, 6.07) is 2.15. The van der Waals surface area contributed by atoms with Crippen LogP contribution in [0.15, 0.2) is 0 Å². The van der Waals surface area contributed by atoms with Gasteiger partial charge in [0, 0.05) is 12.5 Å². The van der Waals surface area contributed by atoms with Crippen molar-refractivity contribution in [1.29, 1.82) is 5.26 Å². The van der Waals surface area contributed by atoms with Gasteiger partial charge in [-0.1, -0.05) is 6.92 Å². The molecule has 13 heavy (non-hydrogen) atoms. The number of amides is 1. The molecule has 0 saturated heterocycles. The fraction of sp³-hybridized carbons (Fsp3) is 0.800. The van der Waals surface area contributed by atoms with Crippen LogP contribution in [0, 0.1) is 28.6 Å². The second-order valence-corrected chi connectivity index (χ2v) is 4.53. The Labute approximate surface area is 79.1 Å². The molecule has 1 aliphatic rings. The van der Waals surface area contributed by atoms with Gasteiger partial charge in [0.25, 0.3) is 0 Å². The molecule has 0 heterocycles. The Bertz CT molecular complexity index is 252. The number of carbonyl (C=O) groups is 1. The Morgan fingerprint density at radius 2 is 2.23 bits per heavy atom. The Morgan fingerprint density at radius 3 is 2.62 bits per heavy atom. The Morgan fingerprint density at radius 1 is 1.69 bits per heavy atom. The molecule has 1 N–H and O–H groups in total. The molecule has 0 unspecified atom stereocenters. The van der Waals surface area contributed by atoms with E-state index in [1.165, 1.54) is 0 Å². The number of carbonyl (C=O) groups excluding carboxylic acids is 1. The van der Waals surface area contributed by atoms with Gasteiger partial charge in [0.15, 0.2) is 0 Å². The highest BCUT2D eigenvalue weighted by atomic mass is 16.2. The summed E-state index contributed by atoms with van der Waals surface area (Å²) in [6.07, 6.45) is 0.999. The zero-order chi connectivity index (χ0) is 10.1. The molecule has 3 heteroatoms. The van der Waals surface area contributed by atoms with Crippen LogP contribution in [0.25, 0.3) is 0 Å². The van der Waals surface area contributed by atoms with E-state index in [1.807, 2.05) is 13.8 Å². The van der Waals surface area contributed by atoms with Crippen LogP contribution < -0.4 is 5.32 Å². The van der Waals surface area contributed by atoms with Gasteiger partial charge in [-0.3, -0.25) is 4.79 Å². The van der Waals surface area contributed by atoms with Gasteiger partial charge in [-0.05, 0) is 26.2 Å². The molecule has 0 radical (unpaired) electrons. The first-order valence-electron chi connectivity index (χ1n) is 4.65. The van der Waals surface area contributed by atoms with E-state index in [0.29, 0.717) is 12.5 Å². The molecule has 1 saturated carbocycles. The lowest BCUT2D eigenvalue weighted by molar-refractivity contribution is -0.122. The summed E-state index contributed by atoms with van der Waals surface area (Å²) < 4.78 is 0. The second kappa shape index (κ2) is 3.37. The van der Waals surface area contributed by atoms with E-state index in [-0.39, 0.29) is 11.8 Å². The van der Waals surface area contributed by atoms with Crippen LogP contribution in [-0.4, -0.2) is 12.5 Å². The number of rotatable bonds is 3. The maximum absolute atomic E-state index is 11.4. The fourth-order valence-electron chi connectivity index (χ4n) is 1.17. The lowest BCUT2D eigenvalue weighted by atomic mass is 9.96. The number of hydrogen-bond donors (Lipinski definition) is 1. The Kier molecular flexibility index (Phi) is 2.60. The topological polar surface area (TPSA) is 52.9 Å². The van der Waals surface area contributed by atoms with Gasteiger partial charge in [-0.15, -0.1) is 0 Å². The lowest BCUT2D eigenvalue weighted by Crippen LogP contribution is -2.34. The molecule has 3 nitrogen and oxygen atoms in total. The summed E-state index contributed by atoms with van der Waals surface area (Å²) in [7, 11) is 0. The van der Waals surface area contributed by atoms with Crippen molar-refractivity contribution in [2.24, 2.45) is 17.3 Å². The van der Waals surface area contributed by atoms with Gasteiger partial charge >= 0.3 is 0 Å². The molecule has 0 aromatic rings. The van der Waals surface area contributed by atoms with Gasteiger partial charge in [-0.25, -0.2) is 0 Å². The van der Waals surface area contributed by atoms with Crippen LogP contribution in [-0.2, 0) is 4.79 Å². The molecule has 1 fully saturated rings. The van der Waals surface area contributed by atoms with Crippen molar-refractivity contribution >= 4 is 5.91 Å². The van der Waals surface area contributed by atoms with Crippen LogP contribution in [0.2, 0.25) is 0 Å². The summed E-state index contributed by atoms with van der Waals surface area (Å²) in [6.45, 7) is 6.17. The highest BCUT2D eigenvalue weighted by Gasteiger charge is 2.39. The van der Waals surface area contributed by atoms with Crippen LogP contribution >= 0.6 is 0 Å². The summed E-state index contributed by atoms with van der Waals surface area (Å²) in [5.74, 6) is 0.843. The minimum Gasteiger partial charge on any atom is -0.354 e. The average molecular weight is 180 g/mol. The predicted octanol–water partition coefficient (Wildman–Crippen LogP) is 1.31. The largest absolute Gasteiger partial charge is 0.354 e. The summed E-state index contributed by atoms with van der Waals surface area (Å²) in [4.78, 5) is 11.4. The Hall–Kier alpha value is -1.04. The minimum atomic E-state index is -0.451. The zero-order valence-electron chi connectivity index (χ0n) is 8.42. The third kappa shape index (κ3) is 2.73. The van der Waals surface area contributed by atoms with Crippen molar-refractivity contribution in [3.05, 3.63) is 0 Å². The SMILES string of the molecule is C[C@H]1C[C@@H]1C(=O)NCC(C)(C)C#N. The Balaban J connectivity index is 2.28. The van der Waals surface area contributed by atoms with Crippen LogP contribution in [0.1, 0.15) is 27.2 Å². The molecular weight excluding hydrogens is 164 g/mol. The van der Waals surface area contributed by atoms with Crippen LogP contribution in [0.5, 0.6) is 0 Å². The van der Waals surface area contributed by atoms with Crippen molar-refractivity contribution in [3.63, 3.8) is 0 Å². The highest BCUT2D eigenvalue weighted by Crippen LogP contribution is 2.37. The summed E-state index contributed by atoms with van der Waals surface area (Å²) >= 11 is 0. The van der Waals surface area contributed by atoms with E-state index in [4.69, 9.17) is 5.26 Å². The number of nitriles is 1. The fourth-order valence-corrected chi connectivity index (χ4v) is 1.17. The van der Waals surface area contributed by atoms with Gasteiger partial charge < -0.3 is 5.32 Å². The molecular formula is C10H16N2O. The average Bonchev–Trinajstić information content (AvgIpc) is 2.79. The molecule has 0 aromatic heterocycles. The molecule has 72 valence electrons. The smallest absolute Gasteiger partial charge is 0.223 e.